The van der Waals surface area contributed by atoms with Crippen molar-refractivity contribution in [1.29, 1.82) is 0 Å². The molecular weight excluding hydrogens is 1430 g/mol. The van der Waals surface area contributed by atoms with Crippen LogP contribution in [0.15, 0.2) is 48.5 Å². The number of benzene rings is 2. The van der Waals surface area contributed by atoms with Crippen molar-refractivity contribution < 1.29 is 92.0 Å². The van der Waals surface area contributed by atoms with E-state index in [1.807, 2.05) is 0 Å². The Bertz CT molecular complexity index is 3320. The van der Waals surface area contributed by atoms with Gasteiger partial charge in [-0.05, 0) is 94.2 Å². The summed E-state index contributed by atoms with van der Waals surface area (Å²) in [5.41, 5.74) is 13.4. The van der Waals surface area contributed by atoms with Crippen molar-refractivity contribution in [2.24, 2.45) is 35.1 Å². The Morgan fingerprint density at radius 3 is 1.78 bits per heavy atom. The van der Waals surface area contributed by atoms with E-state index < -0.39 is 211 Å². The third-order valence-corrected chi connectivity index (χ3v) is 24.6. The van der Waals surface area contributed by atoms with Gasteiger partial charge in [0.2, 0.25) is 53.2 Å². The first kappa shape index (κ1) is 83.1. The predicted octanol–water partition coefficient (Wildman–Crippen LogP) is 1.07. The van der Waals surface area contributed by atoms with Gasteiger partial charge in [-0.2, -0.15) is 0 Å². The number of phenols is 2. The molecule has 0 aliphatic carbocycles. The molecule has 6 rings (SSSR count). The van der Waals surface area contributed by atoms with Crippen LogP contribution in [0, 0.1) is 23.7 Å². The van der Waals surface area contributed by atoms with Gasteiger partial charge in [0, 0.05) is 91.9 Å². The molecule has 14 N–H and O–H groups in total. The Labute approximate surface area is 608 Å². The number of aromatic hydroxyl groups is 2. The fraction of sp³-hybridized carbons (Fsp3) is 0.591. The molecule has 4 heterocycles. The molecule has 554 valence electrons. The normalized spacial score (nSPS) is 27.7. The topological polar surface area (TPSA) is 465 Å². The zero-order valence-corrected chi connectivity index (χ0v) is 61.4. The molecule has 101 heavy (non-hydrogen) atoms. The van der Waals surface area contributed by atoms with Crippen LogP contribution in [0.25, 0.3) is 0 Å². The third kappa shape index (κ3) is 27.0. The third-order valence-electron chi connectivity index (χ3n) is 17.2. The number of nitrogens with one attached hydrogen (secondary N) is 7. The van der Waals surface area contributed by atoms with Crippen LogP contribution in [-0.4, -0.2) is 216 Å². The number of aliphatic hydroxyl groups is 1. The summed E-state index contributed by atoms with van der Waals surface area (Å²) in [6.07, 6.45) is -5.86. The molecule has 4 saturated heterocycles. The predicted molar refractivity (Wildman–Crippen MR) is 384 cm³/mol. The number of hydrogen-bond donors (Lipinski definition) is 12. The molecule has 2 aromatic rings. The van der Waals surface area contributed by atoms with Gasteiger partial charge in [-0.15, -0.1) is 0 Å². The van der Waals surface area contributed by atoms with Gasteiger partial charge >= 0.3 is 5.97 Å². The SMILES string of the molecule is CCOC(=O)CC[C@@H]1NC(=O)[C@@H]2CSSC[C@@H]3CC(=O)[C@H](C)NC(=O)[C@@H]4CCCN4C(=O)[C@H](CC(N)=O)NC(=O)[C@H](CSSC[C@H](N)C(=O)C2)NC(=O)[C@H](CSSC[C@@H](C(=O)C[C@H](C)Cc2ccc(O)cc2)NC(=O)CCC(=O)[C@H]([C@H](C)O)NC3=O)NC(=O)[C@H](Cc2ccc(O)cc2)CC1=O. The molecule has 4 aliphatic heterocycles. The van der Waals surface area contributed by atoms with Crippen LogP contribution < -0.4 is 48.7 Å². The number of ether oxygens (including phenoxy) is 1. The molecule has 35 heteroatoms. The zero-order valence-electron chi connectivity index (χ0n) is 56.5. The van der Waals surface area contributed by atoms with E-state index in [1.54, 1.807) is 26.0 Å². The smallest absolute Gasteiger partial charge is 0.305 e. The maximum atomic E-state index is 15.2. The average molecular weight is 1520 g/mol. The first-order valence-corrected chi connectivity index (χ1v) is 40.7. The number of fused-ring (bicyclic) bond motifs is 20. The van der Waals surface area contributed by atoms with Crippen molar-refractivity contribution in [2.45, 2.75) is 172 Å². The molecule has 0 aromatic heterocycles. The van der Waals surface area contributed by atoms with Crippen LogP contribution in [0.1, 0.15) is 109 Å². The minimum Gasteiger partial charge on any atom is -0.508 e. The summed E-state index contributed by atoms with van der Waals surface area (Å²) >= 11 is 0. The molecule has 0 saturated carbocycles. The lowest BCUT2D eigenvalue weighted by Crippen LogP contribution is -2.60. The van der Waals surface area contributed by atoms with E-state index in [4.69, 9.17) is 16.2 Å². The van der Waals surface area contributed by atoms with E-state index in [1.165, 1.54) is 50.2 Å². The molecule has 2 aromatic carbocycles. The number of hydrogen-bond acceptors (Lipinski definition) is 26. The highest BCUT2D eigenvalue weighted by atomic mass is 33.1. The molecule has 14 atom stereocenters. The molecule has 0 spiro atoms. The summed E-state index contributed by atoms with van der Waals surface area (Å²) in [6.45, 7) is 5.80. The Morgan fingerprint density at radius 2 is 1.17 bits per heavy atom. The Hall–Kier alpha value is -6.89. The molecular formula is C66H90N10O19S6. The Morgan fingerprint density at radius 1 is 0.614 bits per heavy atom. The molecule has 4 bridgehead atoms. The van der Waals surface area contributed by atoms with Crippen LogP contribution in [0.3, 0.4) is 0 Å². The summed E-state index contributed by atoms with van der Waals surface area (Å²) in [5.74, 6) is -18.8. The highest BCUT2D eigenvalue weighted by Gasteiger charge is 2.42. The van der Waals surface area contributed by atoms with E-state index in [0.717, 1.165) is 75.2 Å². The minimum atomic E-state index is -1.77. The Kier molecular flexibility index (Phi) is 34.1. The van der Waals surface area contributed by atoms with Crippen LogP contribution >= 0.6 is 64.8 Å². The summed E-state index contributed by atoms with van der Waals surface area (Å²) in [4.78, 5) is 217. The minimum absolute atomic E-state index is 0.0304. The van der Waals surface area contributed by atoms with Gasteiger partial charge in [-0.3, -0.25) is 71.9 Å². The number of phenolic OH excluding ortho intramolecular Hbond substituents is 2. The molecule has 4 aliphatic rings. The number of carbonyl (C=O) groups excluding carboxylic acids is 15. The van der Waals surface area contributed by atoms with Gasteiger partial charge in [-0.25, -0.2) is 0 Å². The van der Waals surface area contributed by atoms with Crippen molar-refractivity contribution in [3.8, 4) is 11.5 Å². The van der Waals surface area contributed by atoms with Crippen molar-refractivity contribution in [2.75, 3.05) is 47.7 Å². The average Bonchev–Trinajstić information content (AvgIpc) is 1.76. The van der Waals surface area contributed by atoms with E-state index in [-0.39, 0.29) is 97.2 Å². The maximum Gasteiger partial charge on any atom is 0.305 e. The first-order chi connectivity index (χ1) is 48.0. The summed E-state index contributed by atoms with van der Waals surface area (Å²) in [7, 11) is 5.77. The number of amides is 9. The number of rotatable bonds is 14. The lowest BCUT2D eigenvalue weighted by atomic mass is 9.89. The lowest BCUT2D eigenvalue weighted by molar-refractivity contribution is -0.144. The van der Waals surface area contributed by atoms with Crippen LogP contribution in [0.4, 0.5) is 0 Å². The first-order valence-electron chi connectivity index (χ1n) is 33.2. The summed E-state index contributed by atoms with van der Waals surface area (Å²) in [5, 5.41) is 49.8. The fourth-order valence-corrected chi connectivity index (χ4v) is 18.8. The van der Waals surface area contributed by atoms with Gasteiger partial charge in [0.25, 0.3) is 0 Å². The van der Waals surface area contributed by atoms with Gasteiger partial charge < -0.3 is 73.6 Å². The number of nitrogens with two attached hydrogens (primary N) is 2. The van der Waals surface area contributed by atoms with Gasteiger partial charge in [0.1, 0.15) is 41.7 Å². The quantitative estimate of drug-likeness (QED) is 0.0929. The lowest BCUT2D eigenvalue weighted by Gasteiger charge is -2.30. The van der Waals surface area contributed by atoms with Crippen molar-refractivity contribution >= 4 is 153 Å². The number of Topliss-reactive ketones (excluding diaryl/α,β-unsaturated/α-hetero) is 5. The van der Waals surface area contributed by atoms with Crippen molar-refractivity contribution in [1.82, 2.24) is 42.1 Å². The van der Waals surface area contributed by atoms with Gasteiger partial charge in [-0.1, -0.05) is 96.0 Å². The Balaban J connectivity index is 1.55. The maximum absolute atomic E-state index is 15.2. The second-order valence-electron chi connectivity index (χ2n) is 25.4. The number of esters is 1. The number of aliphatic hydroxyl groups excluding tert-OH is 1. The van der Waals surface area contributed by atoms with E-state index in [2.05, 4.69) is 37.2 Å². The highest BCUT2D eigenvalue weighted by molar-refractivity contribution is 8.77. The number of nitrogens with zero attached hydrogens (tertiary/aromatic N) is 1. The summed E-state index contributed by atoms with van der Waals surface area (Å²) < 4.78 is 5.18. The van der Waals surface area contributed by atoms with Crippen LogP contribution in [0.5, 0.6) is 11.5 Å². The van der Waals surface area contributed by atoms with E-state index in [9.17, 15) is 72.9 Å². The monoisotopic (exact) mass is 1520 g/mol. The van der Waals surface area contributed by atoms with Gasteiger partial charge in [0.05, 0.1) is 55.1 Å². The molecule has 4 fully saturated rings. The second kappa shape index (κ2) is 41.4. The van der Waals surface area contributed by atoms with Crippen LogP contribution in [0.2, 0.25) is 0 Å². The number of carbonyl (C=O) groups is 15. The van der Waals surface area contributed by atoms with E-state index >= 15 is 14.4 Å². The van der Waals surface area contributed by atoms with E-state index in [0.29, 0.717) is 12.0 Å². The van der Waals surface area contributed by atoms with Crippen LogP contribution in [-0.2, 0) is 89.5 Å². The second-order valence-corrected chi connectivity index (χ2v) is 33.1. The van der Waals surface area contributed by atoms with Crippen molar-refractivity contribution in [3.05, 3.63) is 59.7 Å². The zero-order chi connectivity index (χ0) is 74.0. The largest absolute Gasteiger partial charge is 0.508 e. The molecule has 0 unspecified atom stereocenters. The number of ketones is 5. The fourth-order valence-electron chi connectivity index (χ4n) is 11.5. The summed E-state index contributed by atoms with van der Waals surface area (Å²) in [6, 6.07) is -1.53. The number of primary amides is 1. The highest BCUT2D eigenvalue weighted by Crippen LogP contribution is 2.32. The molecule has 0 radical (unpaired) electrons. The molecule has 9 amide bonds. The standard InChI is InChI=1S/C66H90N10O19S6/c1-5-95-58(87)19-16-45-55(84)24-39(23-38-10-14-43(79)15-11-38)60(88)73-48-32-101-99-31-47(54(83)22-34(2)21-37-8-12-42(78)13-9-37)70-57(86)18-17-51(80)59(36(4)77)75-62(90)40-25-52(81)35(3)69-65(93)50-7-6-20-76(50)66(94)46(27-56(68)85)72-63(91)49(74-64(48)92)33-100-98-30-44(67)53(82)26-41(61(89)71-45)29-97-96-28-40/h8-15,34-36,39-41,44-50,59,77-79H,5-7,16-33,67H2,1-4H3,(H2,68,85)(H,69,93)(H,70,86)(H,71,89)(H,72,91)(H,73,88)(H,74,92)(H,75,90)/t34-,35+,36+,39-,40+,41+,44+,45+,46+,47+,48+,49+,50+,59+/m1/s1. The molecule has 29 nitrogen and oxygen atoms in total. The van der Waals surface area contributed by atoms with Gasteiger partial charge in [0.15, 0.2) is 28.9 Å². The van der Waals surface area contributed by atoms with Crippen molar-refractivity contribution in [3.63, 3.8) is 0 Å².